The van der Waals surface area contributed by atoms with E-state index in [1.165, 1.54) is 12.8 Å². The van der Waals surface area contributed by atoms with Gasteiger partial charge in [-0.25, -0.2) is 0 Å². The summed E-state index contributed by atoms with van der Waals surface area (Å²) < 4.78 is 0. The fourth-order valence-corrected chi connectivity index (χ4v) is 3.04. The monoisotopic (exact) mass is 298 g/mol. The smallest absolute Gasteiger partial charge is 0.311 e. The Hall–Kier alpha value is -1.10. The predicted molar refractivity (Wildman–Crippen MR) is 83.0 cm³/mol. The lowest BCUT2D eigenvalue weighted by atomic mass is 9.82. The summed E-state index contributed by atoms with van der Waals surface area (Å²) in [6.45, 7) is 8.12. The van der Waals surface area contributed by atoms with Crippen LogP contribution in [0.25, 0.3) is 0 Å². The molecule has 0 spiro atoms. The van der Waals surface area contributed by atoms with Crippen LogP contribution in [0.3, 0.4) is 0 Å². The normalized spacial score (nSPS) is 20.8. The maximum atomic E-state index is 12.1. The van der Waals surface area contributed by atoms with Gasteiger partial charge in [-0.2, -0.15) is 0 Å². The van der Waals surface area contributed by atoms with Crippen LogP contribution in [0.5, 0.6) is 0 Å². The zero-order chi connectivity index (χ0) is 15.9. The topological polar surface area (TPSA) is 78.4 Å². The molecule has 3 N–H and O–H groups in total. The van der Waals surface area contributed by atoms with Crippen LogP contribution in [-0.2, 0) is 9.59 Å². The molecule has 2 unspecified atom stereocenters. The summed E-state index contributed by atoms with van der Waals surface area (Å²) >= 11 is 0. The molecule has 0 radical (unpaired) electrons. The minimum Gasteiger partial charge on any atom is -0.481 e. The highest BCUT2D eigenvalue weighted by Gasteiger charge is 2.35. The lowest BCUT2D eigenvalue weighted by Gasteiger charge is -2.29. The van der Waals surface area contributed by atoms with Crippen LogP contribution in [0, 0.1) is 17.3 Å². The molecule has 0 aromatic heterocycles. The molecule has 1 amide bonds. The average molecular weight is 298 g/mol. The van der Waals surface area contributed by atoms with Crippen molar-refractivity contribution in [2.45, 2.75) is 52.9 Å². The SMILES string of the molecule is CCC(CC)(CNC(=O)CC(C)C1CCCNC1)C(=O)O. The molecule has 0 aromatic carbocycles. The average Bonchev–Trinajstić information content (AvgIpc) is 2.49. The van der Waals surface area contributed by atoms with Crippen LogP contribution in [0.2, 0.25) is 0 Å². The molecule has 2 atom stereocenters. The number of nitrogens with one attached hydrogen (secondary N) is 2. The van der Waals surface area contributed by atoms with E-state index in [9.17, 15) is 14.7 Å². The Bertz CT molecular complexity index is 347. The third kappa shape index (κ3) is 4.99. The second kappa shape index (κ2) is 8.37. The molecule has 1 aliphatic rings. The van der Waals surface area contributed by atoms with E-state index >= 15 is 0 Å². The van der Waals surface area contributed by atoms with Crippen LogP contribution in [0.15, 0.2) is 0 Å². The Morgan fingerprint density at radius 3 is 2.52 bits per heavy atom. The lowest BCUT2D eigenvalue weighted by molar-refractivity contribution is -0.149. The van der Waals surface area contributed by atoms with E-state index < -0.39 is 11.4 Å². The van der Waals surface area contributed by atoms with Crippen molar-refractivity contribution in [2.24, 2.45) is 17.3 Å². The van der Waals surface area contributed by atoms with Gasteiger partial charge in [0.2, 0.25) is 5.91 Å². The summed E-state index contributed by atoms with van der Waals surface area (Å²) in [6, 6.07) is 0. The number of carbonyl (C=O) groups is 2. The van der Waals surface area contributed by atoms with Gasteiger partial charge in [0.15, 0.2) is 0 Å². The van der Waals surface area contributed by atoms with Gasteiger partial charge in [-0.15, -0.1) is 0 Å². The van der Waals surface area contributed by atoms with E-state index in [1.807, 2.05) is 13.8 Å². The van der Waals surface area contributed by atoms with Crippen molar-refractivity contribution in [3.8, 4) is 0 Å². The largest absolute Gasteiger partial charge is 0.481 e. The molecule has 1 saturated heterocycles. The van der Waals surface area contributed by atoms with Crippen LogP contribution >= 0.6 is 0 Å². The van der Waals surface area contributed by atoms with Crippen molar-refractivity contribution in [2.75, 3.05) is 19.6 Å². The van der Waals surface area contributed by atoms with E-state index in [2.05, 4.69) is 17.6 Å². The van der Waals surface area contributed by atoms with Crippen molar-refractivity contribution >= 4 is 11.9 Å². The first-order valence-corrected chi connectivity index (χ1v) is 8.16. The Labute approximate surface area is 127 Å². The zero-order valence-electron chi connectivity index (χ0n) is 13.6. The van der Waals surface area contributed by atoms with Gasteiger partial charge < -0.3 is 15.7 Å². The van der Waals surface area contributed by atoms with Crippen LogP contribution < -0.4 is 10.6 Å². The lowest BCUT2D eigenvalue weighted by Crippen LogP contribution is -2.43. The maximum Gasteiger partial charge on any atom is 0.311 e. The third-order valence-electron chi connectivity index (χ3n) is 5.08. The molecule has 1 fully saturated rings. The molecular formula is C16H30N2O3. The number of piperidine rings is 1. The second-order valence-electron chi connectivity index (χ2n) is 6.36. The number of carboxylic acids is 1. The molecule has 0 bridgehead atoms. The fraction of sp³-hybridized carbons (Fsp3) is 0.875. The molecule has 122 valence electrons. The molecule has 5 nitrogen and oxygen atoms in total. The molecule has 0 aliphatic carbocycles. The Balaban J connectivity index is 2.43. The number of carbonyl (C=O) groups excluding carboxylic acids is 1. The number of aliphatic carboxylic acids is 1. The maximum absolute atomic E-state index is 12.1. The van der Waals surface area contributed by atoms with Crippen LogP contribution in [0.1, 0.15) is 52.9 Å². The Kier molecular flexibility index (Phi) is 7.15. The minimum absolute atomic E-state index is 0.0272. The first-order valence-electron chi connectivity index (χ1n) is 8.16. The number of hydrogen-bond donors (Lipinski definition) is 3. The number of rotatable bonds is 8. The van der Waals surface area contributed by atoms with Crippen LogP contribution in [-0.4, -0.2) is 36.6 Å². The summed E-state index contributed by atoms with van der Waals surface area (Å²) in [5.41, 5.74) is -0.828. The molecule has 5 heteroatoms. The predicted octanol–water partition coefficient (Wildman–Crippen LogP) is 2.02. The number of hydrogen-bond acceptors (Lipinski definition) is 3. The highest BCUT2D eigenvalue weighted by molar-refractivity contribution is 5.79. The van der Waals surface area contributed by atoms with E-state index in [4.69, 9.17) is 0 Å². The van der Waals surface area contributed by atoms with Gasteiger partial charge in [-0.1, -0.05) is 20.8 Å². The van der Waals surface area contributed by atoms with Gasteiger partial charge in [0.25, 0.3) is 0 Å². The van der Waals surface area contributed by atoms with Crippen molar-refractivity contribution in [1.82, 2.24) is 10.6 Å². The Morgan fingerprint density at radius 1 is 1.38 bits per heavy atom. The number of carboxylic acid groups (broad SMARTS) is 1. The van der Waals surface area contributed by atoms with Crippen molar-refractivity contribution in [1.29, 1.82) is 0 Å². The van der Waals surface area contributed by atoms with E-state index in [0.717, 1.165) is 13.1 Å². The molecular weight excluding hydrogens is 268 g/mol. The van der Waals surface area contributed by atoms with Crippen molar-refractivity contribution in [3.63, 3.8) is 0 Å². The summed E-state index contributed by atoms with van der Waals surface area (Å²) in [7, 11) is 0. The molecule has 0 saturated carbocycles. The standard InChI is InChI=1S/C16H30N2O3/c1-4-16(5-2,15(20)21)11-18-14(19)9-12(3)13-7-6-8-17-10-13/h12-13,17H,4-11H2,1-3H3,(H,18,19)(H,20,21). The first-order chi connectivity index (χ1) is 9.95. The van der Waals surface area contributed by atoms with E-state index in [1.54, 1.807) is 0 Å². The summed E-state index contributed by atoms with van der Waals surface area (Å²) in [4.78, 5) is 23.5. The quantitative estimate of drug-likeness (QED) is 0.640. The fourth-order valence-electron chi connectivity index (χ4n) is 3.04. The van der Waals surface area contributed by atoms with Gasteiger partial charge in [0.1, 0.15) is 0 Å². The summed E-state index contributed by atoms with van der Waals surface area (Å²) in [6.07, 6.45) is 3.88. The molecule has 1 rings (SSSR count). The van der Waals surface area contributed by atoms with Gasteiger partial charge in [0, 0.05) is 13.0 Å². The van der Waals surface area contributed by atoms with Crippen molar-refractivity contribution < 1.29 is 14.7 Å². The molecule has 1 heterocycles. The van der Waals surface area contributed by atoms with E-state index in [-0.39, 0.29) is 12.5 Å². The van der Waals surface area contributed by atoms with Gasteiger partial charge in [-0.3, -0.25) is 9.59 Å². The van der Waals surface area contributed by atoms with Crippen LogP contribution in [0.4, 0.5) is 0 Å². The molecule has 1 aliphatic heterocycles. The van der Waals surface area contributed by atoms with E-state index in [0.29, 0.717) is 31.1 Å². The molecule has 0 aromatic rings. The van der Waals surface area contributed by atoms with Gasteiger partial charge >= 0.3 is 5.97 Å². The highest BCUT2D eigenvalue weighted by atomic mass is 16.4. The minimum atomic E-state index is -0.828. The zero-order valence-corrected chi connectivity index (χ0v) is 13.6. The van der Waals surface area contributed by atoms with Gasteiger partial charge in [-0.05, 0) is 50.6 Å². The summed E-state index contributed by atoms with van der Waals surface area (Å²) in [5.74, 6) is 0.0317. The second-order valence-corrected chi connectivity index (χ2v) is 6.36. The highest BCUT2D eigenvalue weighted by Crippen LogP contribution is 2.26. The summed E-state index contributed by atoms with van der Waals surface area (Å²) in [5, 5.41) is 15.6. The van der Waals surface area contributed by atoms with Gasteiger partial charge in [0.05, 0.1) is 5.41 Å². The Morgan fingerprint density at radius 2 is 2.05 bits per heavy atom. The third-order valence-corrected chi connectivity index (χ3v) is 5.08. The first kappa shape index (κ1) is 18.0. The van der Waals surface area contributed by atoms with Crippen molar-refractivity contribution in [3.05, 3.63) is 0 Å². The molecule has 21 heavy (non-hydrogen) atoms. The number of amides is 1.